The van der Waals surface area contributed by atoms with Crippen LogP contribution in [0, 0.1) is 0 Å². The molecule has 0 unspecified atom stereocenters. The minimum atomic E-state index is -1.01. The fourth-order valence-electron chi connectivity index (χ4n) is 1.73. The van der Waals surface area contributed by atoms with E-state index in [1.54, 1.807) is 18.3 Å². The summed E-state index contributed by atoms with van der Waals surface area (Å²) < 4.78 is 0. The van der Waals surface area contributed by atoms with E-state index in [4.69, 9.17) is 10.2 Å². The third-order valence-corrected chi connectivity index (χ3v) is 2.64. The Hall–Kier alpha value is -2.63. The normalized spacial score (nSPS) is 10.3. The molecule has 0 atom stereocenters. The van der Waals surface area contributed by atoms with Gasteiger partial charge in [-0.2, -0.15) is 0 Å². The average molecular weight is 260 g/mol. The smallest absolute Gasteiger partial charge is 0.335 e. The molecule has 0 radical (unpaired) electrons. The number of benzene rings is 1. The lowest BCUT2D eigenvalue weighted by molar-refractivity contribution is -0.136. The predicted molar refractivity (Wildman–Crippen MR) is 69.4 cm³/mol. The molecule has 1 heterocycles. The monoisotopic (exact) mass is 260 g/mol. The van der Waals surface area contributed by atoms with E-state index < -0.39 is 11.9 Å². The van der Waals surface area contributed by atoms with E-state index in [9.17, 15) is 9.59 Å². The van der Waals surface area contributed by atoms with Crippen molar-refractivity contribution >= 4 is 28.5 Å². The van der Waals surface area contributed by atoms with Gasteiger partial charge in [-0.15, -0.1) is 0 Å². The summed E-state index contributed by atoms with van der Waals surface area (Å²) in [5.41, 5.74) is 0.168. The molecule has 0 aliphatic rings. The maximum absolute atomic E-state index is 10.9. The van der Waals surface area contributed by atoms with Gasteiger partial charge in [0.1, 0.15) is 5.82 Å². The Bertz CT molecular complexity index is 640. The van der Waals surface area contributed by atoms with E-state index in [0.29, 0.717) is 11.2 Å². The second-order valence-corrected chi connectivity index (χ2v) is 3.97. The molecule has 0 amide bonds. The highest BCUT2D eigenvalue weighted by atomic mass is 16.4. The maximum Gasteiger partial charge on any atom is 0.335 e. The van der Waals surface area contributed by atoms with Crippen molar-refractivity contribution in [2.75, 3.05) is 11.9 Å². The fourth-order valence-corrected chi connectivity index (χ4v) is 1.73. The number of carbonyl (C=O) groups is 2. The van der Waals surface area contributed by atoms with E-state index >= 15 is 0 Å². The van der Waals surface area contributed by atoms with Crippen LogP contribution in [0.25, 0.3) is 10.8 Å². The van der Waals surface area contributed by atoms with Gasteiger partial charge in [-0.25, -0.2) is 9.78 Å². The second kappa shape index (κ2) is 5.34. The van der Waals surface area contributed by atoms with Crippen molar-refractivity contribution < 1.29 is 19.8 Å². The summed E-state index contributed by atoms with van der Waals surface area (Å²) in [7, 11) is 0. The first kappa shape index (κ1) is 12.8. The Morgan fingerprint density at radius 3 is 2.68 bits per heavy atom. The number of aliphatic carboxylic acids is 1. The van der Waals surface area contributed by atoms with Crippen molar-refractivity contribution in [1.82, 2.24) is 4.98 Å². The number of rotatable bonds is 5. The van der Waals surface area contributed by atoms with Crippen LogP contribution in [-0.2, 0) is 4.79 Å². The number of nitrogens with zero attached hydrogens (tertiary/aromatic N) is 1. The van der Waals surface area contributed by atoms with Crippen molar-refractivity contribution in [3.8, 4) is 0 Å². The number of aromatic nitrogens is 1. The molecule has 6 nitrogen and oxygen atoms in total. The molecule has 1 aromatic carbocycles. The molecule has 19 heavy (non-hydrogen) atoms. The van der Waals surface area contributed by atoms with Crippen molar-refractivity contribution in [3.05, 3.63) is 36.0 Å². The van der Waals surface area contributed by atoms with Crippen LogP contribution in [-0.4, -0.2) is 33.7 Å². The quantitative estimate of drug-likeness (QED) is 0.758. The summed E-state index contributed by atoms with van der Waals surface area (Å²) in [5.74, 6) is -1.43. The molecular formula is C13H12N2O4. The van der Waals surface area contributed by atoms with E-state index in [2.05, 4.69) is 10.3 Å². The SMILES string of the molecule is O=C(O)CCNc1nccc2ccc(C(=O)O)cc12. The molecule has 0 saturated heterocycles. The molecule has 98 valence electrons. The van der Waals surface area contributed by atoms with Gasteiger partial charge in [-0.05, 0) is 23.6 Å². The zero-order valence-electron chi connectivity index (χ0n) is 9.96. The highest BCUT2D eigenvalue weighted by Crippen LogP contribution is 2.22. The first-order valence-electron chi connectivity index (χ1n) is 5.65. The minimum Gasteiger partial charge on any atom is -0.481 e. The van der Waals surface area contributed by atoms with Gasteiger partial charge in [-0.3, -0.25) is 4.79 Å². The van der Waals surface area contributed by atoms with Crippen molar-refractivity contribution in [3.63, 3.8) is 0 Å². The Morgan fingerprint density at radius 2 is 2.00 bits per heavy atom. The van der Waals surface area contributed by atoms with Crippen LogP contribution in [0.5, 0.6) is 0 Å². The highest BCUT2D eigenvalue weighted by molar-refractivity contribution is 5.98. The third-order valence-electron chi connectivity index (χ3n) is 2.64. The van der Waals surface area contributed by atoms with Crippen molar-refractivity contribution in [2.45, 2.75) is 6.42 Å². The number of carboxylic acid groups (broad SMARTS) is 2. The largest absolute Gasteiger partial charge is 0.481 e. The first-order valence-corrected chi connectivity index (χ1v) is 5.65. The van der Waals surface area contributed by atoms with E-state index in [-0.39, 0.29) is 18.5 Å². The number of fused-ring (bicyclic) bond motifs is 1. The zero-order valence-corrected chi connectivity index (χ0v) is 9.96. The average Bonchev–Trinajstić information content (AvgIpc) is 2.38. The molecule has 2 rings (SSSR count). The maximum atomic E-state index is 10.9. The summed E-state index contributed by atoms with van der Waals surface area (Å²) in [6.07, 6.45) is 1.56. The molecule has 0 spiro atoms. The lowest BCUT2D eigenvalue weighted by Crippen LogP contribution is -2.09. The molecule has 0 bridgehead atoms. The van der Waals surface area contributed by atoms with Gasteiger partial charge in [0.2, 0.25) is 0 Å². The molecule has 0 fully saturated rings. The minimum absolute atomic E-state index is 0.0311. The van der Waals surface area contributed by atoms with Crippen molar-refractivity contribution in [1.29, 1.82) is 0 Å². The third kappa shape index (κ3) is 2.98. The topological polar surface area (TPSA) is 99.5 Å². The molecule has 0 saturated carbocycles. The number of hydrogen-bond donors (Lipinski definition) is 3. The Kier molecular flexibility index (Phi) is 3.61. The van der Waals surface area contributed by atoms with Crippen LogP contribution in [0.3, 0.4) is 0 Å². The van der Waals surface area contributed by atoms with Gasteiger partial charge in [0.05, 0.1) is 12.0 Å². The summed E-state index contributed by atoms with van der Waals surface area (Å²) in [4.78, 5) is 25.5. The number of anilines is 1. The van der Waals surface area contributed by atoms with Crippen LogP contribution in [0.15, 0.2) is 30.5 Å². The summed E-state index contributed by atoms with van der Waals surface area (Å²) in [6.45, 7) is 0.235. The summed E-state index contributed by atoms with van der Waals surface area (Å²) >= 11 is 0. The predicted octanol–water partition coefficient (Wildman–Crippen LogP) is 1.82. The van der Waals surface area contributed by atoms with Gasteiger partial charge in [0.25, 0.3) is 0 Å². The highest BCUT2D eigenvalue weighted by Gasteiger charge is 2.07. The molecule has 0 aliphatic heterocycles. The van der Waals surface area contributed by atoms with Crippen LogP contribution in [0.4, 0.5) is 5.82 Å². The van der Waals surface area contributed by atoms with Gasteiger partial charge in [0, 0.05) is 18.1 Å². The van der Waals surface area contributed by atoms with Gasteiger partial charge < -0.3 is 15.5 Å². The standard InChI is InChI=1S/C13H12N2O4/c16-11(17)4-6-15-12-10-7-9(13(18)19)2-1-8(10)3-5-14-12/h1-3,5,7H,4,6H2,(H,14,15)(H,16,17)(H,18,19). The lowest BCUT2D eigenvalue weighted by atomic mass is 10.1. The molecule has 1 aromatic heterocycles. The first-order chi connectivity index (χ1) is 9.08. The Morgan fingerprint density at radius 1 is 1.21 bits per heavy atom. The van der Waals surface area contributed by atoms with Crippen LogP contribution in [0.1, 0.15) is 16.8 Å². The van der Waals surface area contributed by atoms with Crippen molar-refractivity contribution in [2.24, 2.45) is 0 Å². The fraction of sp³-hybridized carbons (Fsp3) is 0.154. The molecule has 0 aliphatic carbocycles. The molecule has 2 aromatic rings. The van der Waals surface area contributed by atoms with Gasteiger partial charge >= 0.3 is 11.9 Å². The van der Waals surface area contributed by atoms with Gasteiger partial charge in [-0.1, -0.05) is 6.07 Å². The van der Waals surface area contributed by atoms with Crippen LogP contribution >= 0.6 is 0 Å². The van der Waals surface area contributed by atoms with E-state index in [1.165, 1.54) is 12.1 Å². The lowest BCUT2D eigenvalue weighted by Gasteiger charge is -2.08. The number of carboxylic acids is 2. The number of pyridine rings is 1. The molecular weight excluding hydrogens is 248 g/mol. The Labute approximate surface area is 108 Å². The van der Waals surface area contributed by atoms with E-state index in [1.807, 2.05) is 0 Å². The van der Waals surface area contributed by atoms with Crippen LogP contribution in [0.2, 0.25) is 0 Å². The molecule has 3 N–H and O–H groups in total. The summed E-state index contributed by atoms with van der Waals surface area (Å²) in [6, 6.07) is 6.51. The van der Waals surface area contributed by atoms with Gasteiger partial charge in [0.15, 0.2) is 0 Å². The van der Waals surface area contributed by atoms with E-state index in [0.717, 1.165) is 5.39 Å². The summed E-state index contributed by atoms with van der Waals surface area (Å²) in [5, 5.41) is 22.0. The molecule has 6 heteroatoms. The second-order valence-electron chi connectivity index (χ2n) is 3.97. The Balaban J connectivity index is 2.34. The number of hydrogen-bond acceptors (Lipinski definition) is 4. The zero-order chi connectivity index (χ0) is 13.8. The van der Waals surface area contributed by atoms with Crippen LogP contribution < -0.4 is 5.32 Å². The number of aromatic carboxylic acids is 1. The number of nitrogens with one attached hydrogen (secondary N) is 1.